The van der Waals surface area contributed by atoms with Crippen molar-refractivity contribution < 1.29 is 22.7 Å². The lowest BCUT2D eigenvalue weighted by molar-refractivity contribution is -0.137. The molecule has 30 heavy (non-hydrogen) atoms. The lowest BCUT2D eigenvalue weighted by Crippen LogP contribution is -2.23. The number of halogens is 3. The van der Waals surface area contributed by atoms with E-state index in [1.165, 1.54) is 23.4 Å². The van der Waals surface area contributed by atoms with E-state index >= 15 is 0 Å². The van der Waals surface area contributed by atoms with Gasteiger partial charge in [-0.1, -0.05) is 13.0 Å². The fraction of sp³-hybridized carbons (Fsp3) is 0.250. The van der Waals surface area contributed by atoms with Crippen molar-refractivity contribution in [3.05, 3.63) is 60.7 Å². The number of ether oxygens (including phenoxy) is 1. The first kappa shape index (κ1) is 21.2. The van der Waals surface area contributed by atoms with Gasteiger partial charge in [0.15, 0.2) is 0 Å². The number of aromatic nitrogens is 3. The van der Waals surface area contributed by atoms with Gasteiger partial charge in [-0.05, 0) is 36.8 Å². The normalized spacial score (nSPS) is 11.2. The van der Waals surface area contributed by atoms with Gasteiger partial charge in [-0.25, -0.2) is 9.67 Å². The first-order valence-corrected chi connectivity index (χ1v) is 9.19. The molecule has 0 radical (unpaired) electrons. The van der Waals surface area contributed by atoms with E-state index in [9.17, 15) is 18.0 Å². The minimum absolute atomic E-state index is 0.0258. The largest absolute Gasteiger partial charge is 0.494 e. The molecule has 3 aromatic rings. The molecule has 2 aromatic carbocycles. The zero-order valence-electron chi connectivity index (χ0n) is 16.1. The third-order valence-corrected chi connectivity index (χ3v) is 4.02. The van der Waals surface area contributed by atoms with Gasteiger partial charge in [0.25, 0.3) is 0 Å². The van der Waals surface area contributed by atoms with Crippen LogP contribution < -0.4 is 15.4 Å². The monoisotopic (exact) mass is 419 g/mol. The van der Waals surface area contributed by atoms with Crippen LogP contribution in [0.25, 0.3) is 5.69 Å². The molecule has 0 saturated heterocycles. The molecular formula is C20H20F3N5O2. The number of carbonyl (C=O) groups excluding carboxylic acids is 1. The highest BCUT2D eigenvalue weighted by molar-refractivity contribution is 5.95. The maximum absolute atomic E-state index is 13.1. The van der Waals surface area contributed by atoms with Crippen LogP contribution >= 0.6 is 0 Å². The van der Waals surface area contributed by atoms with Gasteiger partial charge in [-0.15, -0.1) is 0 Å². The molecule has 0 bridgehead atoms. The zero-order valence-corrected chi connectivity index (χ0v) is 16.1. The first-order chi connectivity index (χ1) is 14.4. The number of carbonyl (C=O) groups is 1. The van der Waals surface area contributed by atoms with Crippen LogP contribution in [0.4, 0.5) is 24.5 Å². The van der Waals surface area contributed by atoms with Crippen LogP contribution in [0, 0.1) is 0 Å². The highest BCUT2D eigenvalue weighted by atomic mass is 19.4. The van der Waals surface area contributed by atoms with E-state index in [4.69, 9.17) is 4.74 Å². The minimum atomic E-state index is -4.54. The number of hydrogen-bond acceptors (Lipinski definition) is 5. The van der Waals surface area contributed by atoms with Crippen LogP contribution in [0.1, 0.15) is 18.9 Å². The summed E-state index contributed by atoms with van der Waals surface area (Å²) in [6, 6.07) is 10.1. The minimum Gasteiger partial charge on any atom is -0.494 e. The van der Waals surface area contributed by atoms with Crippen molar-refractivity contribution >= 4 is 17.3 Å². The lowest BCUT2D eigenvalue weighted by atomic mass is 10.1. The van der Waals surface area contributed by atoms with E-state index in [0.717, 1.165) is 18.6 Å². The molecule has 10 heteroatoms. The van der Waals surface area contributed by atoms with Gasteiger partial charge in [0.05, 0.1) is 30.1 Å². The smallest absolute Gasteiger partial charge is 0.416 e. The van der Waals surface area contributed by atoms with E-state index in [2.05, 4.69) is 20.7 Å². The average Bonchev–Trinajstić information content (AvgIpc) is 3.25. The Bertz CT molecular complexity index is 990. The predicted molar refractivity (Wildman–Crippen MR) is 106 cm³/mol. The summed E-state index contributed by atoms with van der Waals surface area (Å²) in [4.78, 5) is 16.2. The molecule has 7 nitrogen and oxygen atoms in total. The van der Waals surface area contributed by atoms with E-state index < -0.39 is 17.6 Å². The topological polar surface area (TPSA) is 81.1 Å². The number of alkyl halides is 3. The van der Waals surface area contributed by atoms with Crippen molar-refractivity contribution in [2.24, 2.45) is 0 Å². The lowest BCUT2D eigenvalue weighted by Gasteiger charge is -2.15. The standard InChI is InChI=1S/C20H20F3N5O2/c1-2-8-30-16-5-3-4-15(10-16)25-11-19(29)27-17-9-14(20(21,22)23)6-7-18(17)28-13-24-12-26-28/h3-7,9-10,12-13,25H,2,8,11H2,1H3,(H,27,29). The molecule has 1 aromatic heterocycles. The SMILES string of the molecule is CCCOc1cccc(NCC(=O)Nc2cc(C(F)(F)F)ccc2-n2cncn2)c1. The van der Waals surface area contributed by atoms with Crippen LogP contribution in [-0.2, 0) is 11.0 Å². The van der Waals surface area contributed by atoms with E-state index in [1.54, 1.807) is 24.3 Å². The molecular weight excluding hydrogens is 399 g/mol. The summed E-state index contributed by atoms with van der Waals surface area (Å²) in [5.41, 5.74) is 0.0145. The highest BCUT2D eigenvalue weighted by Gasteiger charge is 2.31. The summed E-state index contributed by atoms with van der Waals surface area (Å²) in [5, 5.41) is 9.36. The second kappa shape index (κ2) is 9.29. The van der Waals surface area contributed by atoms with Crippen LogP contribution in [0.5, 0.6) is 5.75 Å². The Morgan fingerprint density at radius 2 is 2.03 bits per heavy atom. The van der Waals surface area contributed by atoms with Crippen molar-refractivity contribution in [1.82, 2.24) is 14.8 Å². The molecule has 0 atom stereocenters. The first-order valence-electron chi connectivity index (χ1n) is 9.19. The van der Waals surface area contributed by atoms with E-state index in [0.29, 0.717) is 18.0 Å². The van der Waals surface area contributed by atoms with Gasteiger partial charge in [0.2, 0.25) is 5.91 Å². The molecule has 0 aliphatic carbocycles. The number of benzene rings is 2. The Morgan fingerprint density at radius 3 is 2.73 bits per heavy atom. The number of anilines is 2. The molecule has 0 aliphatic heterocycles. The fourth-order valence-electron chi connectivity index (χ4n) is 2.64. The van der Waals surface area contributed by atoms with Gasteiger partial charge in [0.1, 0.15) is 18.4 Å². The summed E-state index contributed by atoms with van der Waals surface area (Å²) < 4.78 is 46.1. The molecule has 1 heterocycles. The van der Waals surface area contributed by atoms with Gasteiger partial charge >= 0.3 is 6.18 Å². The Labute approximate surface area is 170 Å². The zero-order chi connectivity index (χ0) is 21.6. The highest BCUT2D eigenvalue weighted by Crippen LogP contribution is 2.33. The summed E-state index contributed by atoms with van der Waals surface area (Å²) >= 11 is 0. The Morgan fingerprint density at radius 1 is 1.20 bits per heavy atom. The summed E-state index contributed by atoms with van der Waals surface area (Å²) in [6.45, 7) is 2.42. The molecule has 0 fully saturated rings. The number of amides is 1. The van der Waals surface area contributed by atoms with E-state index in [1.807, 2.05) is 6.92 Å². The third kappa shape index (κ3) is 5.49. The van der Waals surface area contributed by atoms with Crippen molar-refractivity contribution in [1.29, 1.82) is 0 Å². The molecule has 3 rings (SSSR count). The fourth-order valence-corrected chi connectivity index (χ4v) is 2.64. The van der Waals surface area contributed by atoms with E-state index in [-0.39, 0.29) is 17.9 Å². The van der Waals surface area contributed by atoms with Crippen LogP contribution in [0.15, 0.2) is 55.1 Å². The van der Waals surface area contributed by atoms with Gasteiger partial charge in [-0.2, -0.15) is 18.3 Å². The van der Waals surface area contributed by atoms with Crippen molar-refractivity contribution in [2.45, 2.75) is 19.5 Å². The summed E-state index contributed by atoms with van der Waals surface area (Å²) in [6.07, 6.45) is -1.10. The predicted octanol–water partition coefficient (Wildman–Crippen LogP) is 4.13. The number of nitrogens with one attached hydrogen (secondary N) is 2. The molecule has 0 spiro atoms. The quantitative estimate of drug-likeness (QED) is 0.574. The van der Waals surface area contributed by atoms with Gasteiger partial charge in [0, 0.05) is 11.8 Å². The number of hydrogen-bond donors (Lipinski definition) is 2. The maximum atomic E-state index is 13.1. The Kier molecular flexibility index (Phi) is 6.55. The van der Waals surface area contributed by atoms with Crippen LogP contribution in [0.3, 0.4) is 0 Å². The van der Waals surface area contributed by atoms with Gasteiger partial charge < -0.3 is 15.4 Å². The molecule has 0 saturated carbocycles. The van der Waals surface area contributed by atoms with Crippen LogP contribution in [-0.4, -0.2) is 33.8 Å². The van der Waals surface area contributed by atoms with Crippen molar-refractivity contribution in [2.75, 3.05) is 23.8 Å². The molecule has 1 amide bonds. The number of rotatable bonds is 8. The third-order valence-electron chi connectivity index (χ3n) is 4.02. The second-order valence-electron chi connectivity index (χ2n) is 6.35. The molecule has 2 N–H and O–H groups in total. The Hall–Kier alpha value is -3.56. The average molecular weight is 419 g/mol. The Balaban J connectivity index is 1.72. The van der Waals surface area contributed by atoms with Crippen LogP contribution in [0.2, 0.25) is 0 Å². The maximum Gasteiger partial charge on any atom is 0.416 e. The molecule has 158 valence electrons. The number of nitrogens with zero attached hydrogens (tertiary/aromatic N) is 3. The van der Waals surface area contributed by atoms with Crippen molar-refractivity contribution in [3.8, 4) is 11.4 Å². The van der Waals surface area contributed by atoms with Gasteiger partial charge in [-0.3, -0.25) is 4.79 Å². The summed E-state index contributed by atoms with van der Waals surface area (Å²) in [5.74, 6) is 0.143. The second-order valence-corrected chi connectivity index (χ2v) is 6.35. The van der Waals surface area contributed by atoms with Crippen molar-refractivity contribution in [3.63, 3.8) is 0 Å². The molecule has 0 unspecified atom stereocenters. The summed E-state index contributed by atoms with van der Waals surface area (Å²) in [7, 11) is 0. The molecule has 0 aliphatic rings.